The van der Waals surface area contributed by atoms with Crippen LogP contribution in [0.25, 0.3) is 0 Å². The van der Waals surface area contributed by atoms with Crippen molar-refractivity contribution in [1.29, 1.82) is 0 Å². The number of nitrogens with two attached hydrogens (primary N) is 1. The molecule has 1 saturated heterocycles. The quantitative estimate of drug-likeness (QED) is 0.464. The number of guanidine groups is 1. The summed E-state index contributed by atoms with van der Waals surface area (Å²) in [6, 6.07) is 0.193. The number of carbonyl (C=O) groups is 2. The van der Waals surface area contributed by atoms with Crippen molar-refractivity contribution in [3.8, 4) is 0 Å². The number of piperidine rings is 1. The average molecular weight is 327 g/mol. The second-order valence-electron chi connectivity index (χ2n) is 5.47. The molecule has 0 aliphatic carbocycles. The van der Waals surface area contributed by atoms with Gasteiger partial charge in [0.15, 0.2) is 5.96 Å². The van der Waals surface area contributed by atoms with E-state index in [0.29, 0.717) is 45.2 Å². The standard InChI is InChI=1S/C15H29N5O3/c1-3-8-17-13(21)5-9-18-14(16)19-12-6-10-20(11-7-12)15(22)23-4-2/h12H,3-11H2,1-2H3,(H,17,21)(H3,16,18,19). The van der Waals surface area contributed by atoms with Crippen LogP contribution in [0.4, 0.5) is 4.79 Å². The number of rotatable bonds is 7. The predicted octanol–water partition coefficient (Wildman–Crippen LogP) is 0.428. The molecular weight excluding hydrogens is 298 g/mol. The van der Waals surface area contributed by atoms with Gasteiger partial charge in [-0.2, -0.15) is 0 Å². The van der Waals surface area contributed by atoms with Crippen molar-refractivity contribution in [2.75, 3.05) is 32.8 Å². The van der Waals surface area contributed by atoms with Gasteiger partial charge in [-0.15, -0.1) is 0 Å². The molecule has 0 aromatic rings. The fourth-order valence-corrected chi connectivity index (χ4v) is 2.31. The second-order valence-corrected chi connectivity index (χ2v) is 5.47. The first-order chi connectivity index (χ1) is 11.1. The van der Waals surface area contributed by atoms with Gasteiger partial charge in [0.1, 0.15) is 0 Å². The van der Waals surface area contributed by atoms with Crippen LogP contribution in [0.3, 0.4) is 0 Å². The molecule has 0 aromatic carbocycles. The molecule has 1 heterocycles. The predicted molar refractivity (Wildman–Crippen MR) is 89.2 cm³/mol. The van der Waals surface area contributed by atoms with Crippen molar-refractivity contribution in [2.24, 2.45) is 10.7 Å². The molecule has 0 atom stereocenters. The molecular formula is C15H29N5O3. The van der Waals surface area contributed by atoms with Gasteiger partial charge in [0, 0.05) is 32.1 Å². The Bertz CT molecular complexity index is 406. The van der Waals surface area contributed by atoms with Gasteiger partial charge >= 0.3 is 6.09 Å². The Morgan fingerprint density at radius 3 is 2.61 bits per heavy atom. The summed E-state index contributed by atoms with van der Waals surface area (Å²) in [5.74, 6) is 0.342. The molecule has 1 fully saturated rings. The monoisotopic (exact) mass is 327 g/mol. The highest BCUT2D eigenvalue weighted by molar-refractivity contribution is 5.79. The van der Waals surface area contributed by atoms with Crippen LogP contribution in [0.2, 0.25) is 0 Å². The maximum absolute atomic E-state index is 11.6. The fraction of sp³-hybridized carbons (Fsp3) is 0.800. The minimum Gasteiger partial charge on any atom is -0.450 e. The zero-order valence-corrected chi connectivity index (χ0v) is 14.1. The molecule has 0 spiro atoms. The van der Waals surface area contributed by atoms with Gasteiger partial charge in [0.25, 0.3) is 0 Å². The lowest BCUT2D eigenvalue weighted by Crippen LogP contribution is -2.48. The van der Waals surface area contributed by atoms with Crippen LogP contribution >= 0.6 is 0 Å². The van der Waals surface area contributed by atoms with Gasteiger partial charge in [-0.25, -0.2) is 4.79 Å². The topological polar surface area (TPSA) is 109 Å². The zero-order valence-electron chi connectivity index (χ0n) is 14.1. The van der Waals surface area contributed by atoms with E-state index in [1.54, 1.807) is 11.8 Å². The Hall–Kier alpha value is -1.99. The molecule has 0 saturated carbocycles. The summed E-state index contributed by atoms with van der Waals surface area (Å²) < 4.78 is 4.98. The minimum absolute atomic E-state index is 0.00820. The summed E-state index contributed by atoms with van der Waals surface area (Å²) in [4.78, 5) is 28.9. The molecule has 23 heavy (non-hydrogen) atoms. The van der Waals surface area contributed by atoms with E-state index in [2.05, 4.69) is 15.6 Å². The van der Waals surface area contributed by atoms with E-state index < -0.39 is 0 Å². The number of hydrogen-bond acceptors (Lipinski definition) is 4. The molecule has 0 aromatic heterocycles. The fourth-order valence-electron chi connectivity index (χ4n) is 2.31. The van der Waals surface area contributed by atoms with E-state index in [1.807, 2.05) is 6.92 Å². The average Bonchev–Trinajstić information content (AvgIpc) is 2.53. The van der Waals surface area contributed by atoms with Gasteiger partial charge in [0.05, 0.1) is 13.2 Å². The van der Waals surface area contributed by atoms with Crippen molar-refractivity contribution in [1.82, 2.24) is 15.5 Å². The summed E-state index contributed by atoms with van der Waals surface area (Å²) in [5, 5.41) is 5.94. The van der Waals surface area contributed by atoms with E-state index in [0.717, 1.165) is 19.3 Å². The third-order valence-electron chi connectivity index (χ3n) is 3.57. The van der Waals surface area contributed by atoms with Crippen LogP contribution < -0.4 is 16.4 Å². The second kappa shape index (κ2) is 10.7. The van der Waals surface area contributed by atoms with Crippen molar-refractivity contribution >= 4 is 18.0 Å². The summed E-state index contributed by atoms with van der Waals surface area (Å²) in [5.41, 5.74) is 5.83. The number of ether oxygens (including phenoxy) is 1. The van der Waals surface area contributed by atoms with Crippen molar-refractivity contribution in [3.63, 3.8) is 0 Å². The van der Waals surface area contributed by atoms with E-state index >= 15 is 0 Å². The molecule has 0 radical (unpaired) electrons. The Morgan fingerprint density at radius 1 is 1.30 bits per heavy atom. The molecule has 132 valence electrons. The van der Waals surface area contributed by atoms with E-state index in [9.17, 15) is 9.59 Å². The van der Waals surface area contributed by atoms with Crippen LogP contribution in [0.1, 0.15) is 39.5 Å². The zero-order chi connectivity index (χ0) is 17.1. The molecule has 1 aliphatic rings. The van der Waals surface area contributed by atoms with E-state index in [-0.39, 0.29) is 18.0 Å². The summed E-state index contributed by atoms with van der Waals surface area (Å²) in [6.45, 7) is 6.54. The maximum Gasteiger partial charge on any atom is 0.409 e. The molecule has 0 bridgehead atoms. The lowest BCUT2D eigenvalue weighted by atomic mass is 10.1. The molecule has 4 N–H and O–H groups in total. The van der Waals surface area contributed by atoms with Gasteiger partial charge in [-0.05, 0) is 26.2 Å². The van der Waals surface area contributed by atoms with Gasteiger partial charge in [-0.3, -0.25) is 9.79 Å². The van der Waals surface area contributed by atoms with Gasteiger partial charge < -0.3 is 26.0 Å². The van der Waals surface area contributed by atoms with E-state index in [4.69, 9.17) is 10.5 Å². The number of hydrogen-bond donors (Lipinski definition) is 3. The molecule has 1 rings (SSSR count). The number of aliphatic imine (C=N–C) groups is 1. The molecule has 8 nitrogen and oxygen atoms in total. The van der Waals surface area contributed by atoms with E-state index in [1.165, 1.54) is 0 Å². The lowest BCUT2D eigenvalue weighted by molar-refractivity contribution is -0.120. The number of likely N-dealkylation sites (tertiary alicyclic amines) is 1. The molecule has 1 aliphatic heterocycles. The van der Waals surface area contributed by atoms with Crippen molar-refractivity contribution in [3.05, 3.63) is 0 Å². The SMILES string of the molecule is CCCNC(=O)CCN=C(N)NC1CCN(C(=O)OCC)CC1. The van der Waals surface area contributed by atoms with Crippen molar-refractivity contribution < 1.29 is 14.3 Å². The van der Waals surface area contributed by atoms with Crippen LogP contribution in [-0.4, -0.2) is 61.7 Å². The third kappa shape index (κ3) is 7.71. The van der Waals surface area contributed by atoms with Gasteiger partial charge in [0.2, 0.25) is 5.91 Å². The van der Waals surface area contributed by atoms with Crippen LogP contribution in [-0.2, 0) is 9.53 Å². The first-order valence-electron chi connectivity index (χ1n) is 8.31. The smallest absolute Gasteiger partial charge is 0.409 e. The highest BCUT2D eigenvalue weighted by Gasteiger charge is 2.23. The first kappa shape index (κ1) is 19.1. The Balaban J connectivity index is 2.22. The van der Waals surface area contributed by atoms with Crippen LogP contribution in [0.5, 0.6) is 0 Å². The lowest BCUT2D eigenvalue weighted by Gasteiger charge is -2.31. The van der Waals surface area contributed by atoms with Crippen LogP contribution in [0, 0.1) is 0 Å². The molecule has 2 amide bonds. The summed E-state index contributed by atoms with van der Waals surface area (Å²) in [7, 11) is 0. The van der Waals surface area contributed by atoms with Gasteiger partial charge in [-0.1, -0.05) is 6.92 Å². The third-order valence-corrected chi connectivity index (χ3v) is 3.57. The number of carbonyl (C=O) groups excluding carboxylic acids is 2. The Kier molecular flexibility index (Phi) is 8.86. The largest absolute Gasteiger partial charge is 0.450 e. The number of amides is 2. The summed E-state index contributed by atoms with van der Waals surface area (Å²) >= 11 is 0. The normalized spacial score (nSPS) is 16.1. The van der Waals surface area contributed by atoms with Crippen LogP contribution in [0.15, 0.2) is 4.99 Å². The Morgan fingerprint density at radius 2 is 2.00 bits per heavy atom. The minimum atomic E-state index is -0.259. The highest BCUT2D eigenvalue weighted by Crippen LogP contribution is 2.11. The molecule has 8 heteroatoms. The number of nitrogens with zero attached hydrogens (tertiary/aromatic N) is 2. The first-order valence-corrected chi connectivity index (χ1v) is 8.31. The molecule has 0 unspecified atom stereocenters. The van der Waals surface area contributed by atoms with Crippen molar-refractivity contribution in [2.45, 2.75) is 45.6 Å². The summed E-state index contributed by atoms with van der Waals surface area (Å²) in [6.07, 6.45) is 2.59. The number of nitrogens with one attached hydrogen (secondary N) is 2. The highest BCUT2D eigenvalue weighted by atomic mass is 16.6. The Labute approximate surface area is 137 Å². The maximum atomic E-state index is 11.6.